The molecule has 33 heavy (non-hydrogen) atoms. The molecule has 164 valence electrons. The fourth-order valence-corrected chi connectivity index (χ4v) is 4.56. The van der Waals surface area contributed by atoms with Crippen LogP contribution in [0, 0.1) is 0 Å². The molecule has 0 saturated heterocycles. The fourth-order valence-electron chi connectivity index (χ4n) is 4.56. The van der Waals surface area contributed by atoms with E-state index in [2.05, 4.69) is 79.0 Å². The zero-order valence-corrected chi connectivity index (χ0v) is 18.9. The molecule has 1 N–H and O–H groups in total. The maximum Gasteiger partial charge on any atom is 0.167 e. The zero-order chi connectivity index (χ0) is 22.6. The standard InChI is InChI=1S/C31H29NO/c1-22(24-8-4-2-5-9-24)32-30-21-29(30)27-14-12-23(13-15-27)20-31(33)28-18-16-26(17-19-28)25-10-6-3-7-11-25/h2-19,22,29-30,32H,20-21H2,1H3. The Balaban J connectivity index is 1.16. The summed E-state index contributed by atoms with van der Waals surface area (Å²) < 4.78 is 0. The van der Waals surface area contributed by atoms with E-state index in [1.165, 1.54) is 17.5 Å². The Morgan fingerprint density at radius 1 is 0.788 bits per heavy atom. The average molecular weight is 432 g/mol. The lowest BCUT2D eigenvalue weighted by Crippen LogP contribution is -2.22. The van der Waals surface area contributed by atoms with Crippen molar-refractivity contribution in [1.82, 2.24) is 5.32 Å². The Bertz CT molecular complexity index is 1200. The Morgan fingerprint density at radius 2 is 1.39 bits per heavy atom. The molecular formula is C31H29NO. The van der Waals surface area contributed by atoms with Crippen LogP contribution >= 0.6 is 0 Å². The van der Waals surface area contributed by atoms with Crippen LogP contribution in [0.5, 0.6) is 0 Å². The van der Waals surface area contributed by atoms with Crippen molar-refractivity contribution in [2.24, 2.45) is 0 Å². The fraction of sp³-hybridized carbons (Fsp3) is 0.194. The van der Waals surface area contributed by atoms with Gasteiger partial charge in [-0.15, -0.1) is 0 Å². The van der Waals surface area contributed by atoms with Crippen LogP contribution in [-0.4, -0.2) is 11.8 Å². The molecule has 3 atom stereocenters. The minimum atomic E-state index is 0.157. The van der Waals surface area contributed by atoms with Crippen LogP contribution in [0.1, 0.15) is 52.4 Å². The monoisotopic (exact) mass is 431 g/mol. The Hall–Kier alpha value is -3.49. The largest absolute Gasteiger partial charge is 0.307 e. The molecule has 1 saturated carbocycles. The molecule has 1 aliphatic carbocycles. The molecule has 2 heteroatoms. The van der Waals surface area contributed by atoms with Gasteiger partial charge in [-0.1, -0.05) is 109 Å². The van der Waals surface area contributed by atoms with E-state index in [9.17, 15) is 4.79 Å². The third-order valence-electron chi connectivity index (χ3n) is 6.64. The summed E-state index contributed by atoms with van der Waals surface area (Å²) in [7, 11) is 0. The minimum absolute atomic E-state index is 0.157. The highest BCUT2D eigenvalue weighted by atomic mass is 16.1. The summed E-state index contributed by atoms with van der Waals surface area (Å²) in [6.45, 7) is 2.23. The molecule has 1 aliphatic rings. The molecule has 0 radical (unpaired) electrons. The van der Waals surface area contributed by atoms with E-state index in [0.717, 1.165) is 22.3 Å². The van der Waals surface area contributed by atoms with Crippen LogP contribution in [0.3, 0.4) is 0 Å². The average Bonchev–Trinajstić information content (AvgIpc) is 3.64. The molecule has 3 unspecified atom stereocenters. The number of Topliss-reactive ketones (excluding diaryl/α,β-unsaturated/α-hetero) is 1. The zero-order valence-electron chi connectivity index (χ0n) is 18.9. The van der Waals surface area contributed by atoms with Crippen molar-refractivity contribution in [3.05, 3.63) is 131 Å². The van der Waals surface area contributed by atoms with E-state index < -0.39 is 0 Å². The van der Waals surface area contributed by atoms with Gasteiger partial charge in [0.2, 0.25) is 0 Å². The maximum absolute atomic E-state index is 12.8. The minimum Gasteiger partial charge on any atom is -0.307 e. The number of nitrogens with one attached hydrogen (secondary N) is 1. The first-order chi connectivity index (χ1) is 16.2. The topological polar surface area (TPSA) is 29.1 Å². The Morgan fingerprint density at radius 3 is 2.06 bits per heavy atom. The van der Waals surface area contributed by atoms with Gasteiger partial charge in [-0.05, 0) is 41.2 Å². The number of carbonyl (C=O) groups excluding carboxylic acids is 1. The molecular weight excluding hydrogens is 402 g/mol. The first kappa shape index (κ1) is 21.4. The first-order valence-corrected chi connectivity index (χ1v) is 11.8. The number of ketones is 1. The van der Waals surface area contributed by atoms with E-state index in [1.54, 1.807) is 0 Å². The lowest BCUT2D eigenvalue weighted by Gasteiger charge is -2.14. The van der Waals surface area contributed by atoms with Gasteiger partial charge in [0.25, 0.3) is 0 Å². The van der Waals surface area contributed by atoms with Gasteiger partial charge >= 0.3 is 0 Å². The second-order valence-electron chi connectivity index (χ2n) is 9.03. The van der Waals surface area contributed by atoms with Gasteiger partial charge in [0.05, 0.1) is 0 Å². The molecule has 0 bridgehead atoms. The number of hydrogen-bond acceptors (Lipinski definition) is 2. The van der Waals surface area contributed by atoms with E-state index in [1.807, 2.05) is 42.5 Å². The molecule has 2 nitrogen and oxygen atoms in total. The summed E-state index contributed by atoms with van der Waals surface area (Å²) in [5.74, 6) is 0.719. The Kier molecular flexibility index (Phi) is 6.19. The van der Waals surface area contributed by atoms with Crippen LogP contribution in [-0.2, 0) is 6.42 Å². The van der Waals surface area contributed by atoms with Crippen molar-refractivity contribution >= 4 is 5.78 Å². The normalized spacial score (nSPS) is 18.0. The second-order valence-corrected chi connectivity index (χ2v) is 9.03. The molecule has 1 fully saturated rings. The lowest BCUT2D eigenvalue weighted by molar-refractivity contribution is 0.0993. The lowest BCUT2D eigenvalue weighted by atomic mass is 9.98. The molecule has 0 aromatic heterocycles. The third kappa shape index (κ3) is 5.13. The maximum atomic E-state index is 12.8. The van der Waals surface area contributed by atoms with E-state index >= 15 is 0 Å². The third-order valence-corrected chi connectivity index (χ3v) is 6.64. The van der Waals surface area contributed by atoms with E-state index in [-0.39, 0.29) is 5.78 Å². The summed E-state index contributed by atoms with van der Waals surface area (Å²) in [5, 5.41) is 3.75. The van der Waals surface area contributed by atoms with Crippen LogP contribution in [0.15, 0.2) is 109 Å². The van der Waals surface area contributed by atoms with Gasteiger partial charge in [0.1, 0.15) is 0 Å². The van der Waals surface area contributed by atoms with Crippen LogP contribution in [0.4, 0.5) is 0 Å². The van der Waals surface area contributed by atoms with Gasteiger partial charge in [-0.25, -0.2) is 0 Å². The van der Waals surface area contributed by atoms with Gasteiger partial charge in [0, 0.05) is 30.0 Å². The molecule has 0 spiro atoms. The summed E-state index contributed by atoms with van der Waals surface area (Å²) in [4.78, 5) is 12.8. The van der Waals surface area contributed by atoms with Gasteiger partial charge in [-0.3, -0.25) is 4.79 Å². The van der Waals surface area contributed by atoms with Crippen molar-refractivity contribution in [3.63, 3.8) is 0 Å². The first-order valence-electron chi connectivity index (χ1n) is 11.8. The summed E-state index contributed by atoms with van der Waals surface area (Å²) in [5.41, 5.74) is 6.81. The van der Waals surface area contributed by atoms with Crippen LogP contribution < -0.4 is 5.32 Å². The number of rotatable bonds is 8. The highest BCUT2D eigenvalue weighted by molar-refractivity contribution is 5.97. The highest BCUT2D eigenvalue weighted by Gasteiger charge is 2.38. The molecule has 4 aromatic rings. The second kappa shape index (κ2) is 9.56. The predicted octanol–water partition coefficient (Wildman–Crippen LogP) is 6.99. The van der Waals surface area contributed by atoms with Crippen molar-refractivity contribution in [2.75, 3.05) is 0 Å². The van der Waals surface area contributed by atoms with Crippen LogP contribution in [0.25, 0.3) is 11.1 Å². The van der Waals surface area contributed by atoms with Crippen molar-refractivity contribution in [2.45, 2.75) is 37.8 Å². The van der Waals surface area contributed by atoms with Gasteiger partial charge in [0.15, 0.2) is 5.78 Å². The molecule has 0 heterocycles. The highest BCUT2D eigenvalue weighted by Crippen LogP contribution is 2.42. The van der Waals surface area contributed by atoms with E-state index in [0.29, 0.717) is 24.4 Å². The molecule has 4 aromatic carbocycles. The SMILES string of the molecule is CC(NC1CC1c1ccc(CC(=O)c2ccc(-c3ccccc3)cc2)cc1)c1ccccc1. The number of benzene rings is 4. The van der Waals surface area contributed by atoms with Crippen LogP contribution in [0.2, 0.25) is 0 Å². The number of hydrogen-bond donors (Lipinski definition) is 1. The number of carbonyl (C=O) groups is 1. The van der Waals surface area contributed by atoms with E-state index in [4.69, 9.17) is 0 Å². The summed E-state index contributed by atoms with van der Waals surface area (Å²) in [6, 6.07) is 38.3. The predicted molar refractivity (Wildman–Crippen MR) is 135 cm³/mol. The summed E-state index contributed by atoms with van der Waals surface area (Å²) in [6.07, 6.45) is 1.60. The summed E-state index contributed by atoms with van der Waals surface area (Å²) >= 11 is 0. The molecule has 0 amide bonds. The van der Waals surface area contributed by atoms with Gasteiger partial charge in [-0.2, -0.15) is 0 Å². The molecule has 5 rings (SSSR count). The quantitative estimate of drug-likeness (QED) is 0.305. The molecule has 0 aliphatic heterocycles. The van der Waals surface area contributed by atoms with Crippen molar-refractivity contribution in [1.29, 1.82) is 0 Å². The smallest absolute Gasteiger partial charge is 0.167 e. The Labute approximate surface area is 196 Å². The van der Waals surface area contributed by atoms with Gasteiger partial charge < -0.3 is 5.32 Å². The van der Waals surface area contributed by atoms with Crippen molar-refractivity contribution < 1.29 is 4.79 Å². The van der Waals surface area contributed by atoms with Crippen molar-refractivity contribution in [3.8, 4) is 11.1 Å².